The number of nitrogens with one attached hydrogen (secondary N) is 1. The van der Waals surface area contributed by atoms with Gasteiger partial charge < -0.3 is 19.1 Å². The SMILES string of the molecule is O=C(Cc1csc(NS(=O)(=O)c2ccc(-c3ccc4c(c3)OCO4)cc2)n1)N1CCOCC1. The molecule has 5 rings (SSSR count). The molecule has 1 amide bonds. The number of ether oxygens (including phenoxy) is 3. The third kappa shape index (κ3) is 4.80. The van der Waals surface area contributed by atoms with E-state index in [-0.39, 0.29) is 29.1 Å². The first-order valence-corrected chi connectivity index (χ1v) is 12.7. The van der Waals surface area contributed by atoms with Gasteiger partial charge in [-0.3, -0.25) is 9.52 Å². The van der Waals surface area contributed by atoms with Gasteiger partial charge in [-0.2, -0.15) is 0 Å². The number of rotatable bonds is 6. The van der Waals surface area contributed by atoms with Crippen LogP contribution < -0.4 is 14.2 Å². The van der Waals surface area contributed by atoms with Crippen LogP contribution in [-0.4, -0.2) is 57.3 Å². The lowest BCUT2D eigenvalue weighted by atomic mass is 10.1. The molecule has 3 heterocycles. The average molecular weight is 488 g/mol. The fourth-order valence-corrected chi connectivity index (χ4v) is 5.55. The summed E-state index contributed by atoms with van der Waals surface area (Å²) in [5.74, 6) is 1.31. The molecule has 2 aliphatic heterocycles. The minimum atomic E-state index is -3.82. The van der Waals surface area contributed by atoms with Crippen LogP contribution in [0.5, 0.6) is 11.5 Å². The molecule has 3 aromatic rings. The molecule has 2 aromatic carbocycles. The number of thiazole rings is 1. The van der Waals surface area contributed by atoms with E-state index in [1.165, 1.54) is 0 Å². The number of carbonyl (C=O) groups excluding carboxylic acids is 1. The van der Waals surface area contributed by atoms with Crippen molar-refractivity contribution < 1.29 is 27.4 Å². The molecule has 172 valence electrons. The highest BCUT2D eigenvalue weighted by Gasteiger charge is 2.20. The van der Waals surface area contributed by atoms with Gasteiger partial charge in [0, 0.05) is 18.5 Å². The molecule has 9 nitrogen and oxygen atoms in total. The van der Waals surface area contributed by atoms with E-state index in [0.29, 0.717) is 43.5 Å². The van der Waals surface area contributed by atoms with Gasteiger partial charge in [-0.15, -0.1) is 11.3 Å². The molecular formula is C22H21N3O6S2. The number of hydrogen-bond donors (Lipinski definition) is 1. The van der Waals surface area contributed by atoms with Crippen molar-refractivity contribution in [3.63, 3.8) is 0 Å². The zero-order valence-electron chi connectivity index (χ0n) is 17.5. The zero-order chi connectivity index (χ0) is 22.8. The second kappa shape index (κ2) is 9.00. The molecule has 0 bridgehead atoms. The second-order valence-electron chi connectivity index (χ2n) is 7.51. The summed E-state index contributed by atoms with van der Waals surface area (Å²) in [6.45, 7) is 2.37. The molecule has 0 aliphatic carbocycles. The number of aromatic nitrogens is 1. The Hall–Kier alpha value is -3.15. The number of fused-ring (bicyclic) bond motifs is 1. The van der Waals surface area contributed by atoms with Crippen LogP contribution in [0.4, 0.5) is 5.13 Å². The molecular weight excluding hydrogens is 466 g/mol. The van der Waals surface area contributed by atoms with E-state index < -0.39 is 10.0 Å². The lowest BCUT2D eigenvalue weighted by molar-refractivity contribution is -0.134. The van der Waals surface area contributed by atoms with Gasteiger partial charge in [0.25, 0.3) is 10.0 Å². The second-order valence-corrected chi connectivity index (χ2v) is 10.1. The maximum atomic E-state index is 12.8. The number of carbonyl (C=O) groups is 1. The normalized spacial score (nSPS) is 15.5. The third-order valence-electron chi connectivity index (χ3n) is 5.34. The van der Waals surface area contributed by atoms with Crippen LogP contribution in [0.1, 0.15) is 5.69 Å². The van der Waals surface area contributed by atoms with Gasteiger partial charge in [0.1, 0.15) is 0 Å². The fraction of sp³-hybridized carbons (Fsp3) is 0.273. The van der Waals surface area contributed by atoms with Crippen molar-refractivity contribution in [3.8, 4) is 22.6 Å². The maximum absolute atomic E-state index is 12.8. The highest BCUT2D eigenvalue weighted by Crippen LogP contribution is 2.36. The van der Waals surface area contributed by atoms with Crippen molar-refractivity contribution >= 4 is 32.4 Å². The number of sulfonamides is 1. The van der Waals surface area contributed by atoms with E-state index in [4.69, 9.17) is 14.2 Å². The predicted molar refractivity (Wildman–Crippen MR) is 122 cm³/mol. The number of nitrogens with zero attached hydrogens (tertiary/aromatic N) is 2. The number of hydrogen-bond acceptors (Lipinski definition) is 8. The Kier molecular flexibility index (Phi) is 5.92. The predicted octanol–water partition coefficient (Wildman–Crippen LogP) is 2.74. The summed E-state index contributed by atoms with van der Waals surface area (Å²) in [6.07, 6.45) is 0.127. The molecule has 1 saturated heterocycles. The molecule has 1 aromatic heterocycles. The van der Waals surface area contributed by atoms with Crippen molar-refractivity contribution in [3.05, 3.63) is 53.5 Å². The first-order chi connectivity index (χ1) is 16.0. The van der Waals surface area contributed by atoms with Crippen molar-refractivity contribution in [1.82, 2.24) is 9.88 Å². The van der Waals surface area contributed by atoms with E-state index in [2.05, 4.69) is 9.71 Å². The summed E-state index contributed by atoms with van der Waals surface area (Å²) in [6, 6.07) is 12.1. The van der Waals surface area contributed by atoms with E-state index >= 15 is 0 Å². The summed E-state index contributed by atoms with van der Waals surface area (Å²) >= 11 is 1.15. The van der Waals surface area contributed by atoms with E-state index in [0.717, 1.165) is 22.5 Å². The van der Waals surface area contributed by atoms with E-state index in [9.17, 15) is 13.2 Å². The van der Waals surface area contributed by atoms with Gasteiger partial charge in [0.2, 0.25) is 12.7 Å². The van der Waals surface area contributed by atoms with Crippen molar-refractivity contribution in [1.29, 1.82) is 0 Å². The standard InChI is InChI=1S/C22H21N3O6S2/c26-21(25-7-9-29-10-8-25)12-17-13-32-22(23-17)24-33(27,28)18-4-1-15(2-5-18)16-3-6-19-20(11-16)31-14-30-19/h1-6,11,13H,7-10,12,14H2,(H,23,24). The quantitative estimate of drug-likeness (QED) is 0.570. The van der Waals surface area contributed by atoms with Gasteiger partial charge in [0.05, 0.1) is 30.2 Å². The van der Waals surface area contributed by atoms with Crippen molar-refractivity contribution in [2.75, 3.05) is 37.8 Å². The Bertz CT molecular complexity index is 1270. The van der Waals surface area contributed by atoms with Crippen LogP contribution in [0.25, 0.3) is 11.1 Å². The smallest absolute Gasteiger partial charge is 0.263 e. The molecule has 1 fully saturated rings. The Morgan fingerprint density at radius 1 is 1.03 bits per heavy atom. The van der Waals surface area contributed by atoms with E-state index in [1.807, 2.05) is 18.2 Å². The summed E-state index contributed by atoms with van der Waals surface area (Å²) in [5, 5.41) is 1.92. The first-order valence-electron chi connectivity index (χ1n) is 10.3. The summed E-state index contributed by atoms with van der Waals surface area (Å²) in [4.78, 5) is 18.5. The molecule has 0 atom stereocenters. The van der Waals surface area contributed by atoms with E-state index in [1.54, 1.807) is 34.5 Å². The van der Waals surface area contributed by atoms with Crippen LogP contribution in [0, 0.1) is 0 Å². The Morgan fingerprint density at radius 2 is 1.76 bits per heavy atom. The minimum absolute atomic E-state index is 0.0443. The lowest BCUT2D eigenvalue weighted by Gasteiger charge is -2.26. The molecule has 0 unspecified atom stereocenters. The molecule has 0 spiro atoms. The monoisotopic (exact) mass is 487 g/mol. The number of amides is 1. The topological polar surface area (TPSA) is 107 Å². The number of morpholine rings is 1. The van der Waals surface area contributed by atoms with Crippen LogP contribution in [0.15, 0.2) is 52.7 Å². The molecule has 33 heavy (non-hydrogen) atoms. The molecule has 11 heteroatoms. The highest BCUT2D eigenvalue weighted by atomic mass is 32.2. The molecule has 2 aliphatic rings. The number of anilines is 1. The Morgan fingerprint density at radius 3 is 2.55 bits per heavy atom. The Balaban J connectivity index is 1.25. The number of benzene rings is 2. The fourth-order valence-electron chi connectivity index (χ4n) is 3.59. The summed E-state index contributed by atoms with van der Waals surface area (Å²) < 4.78 is 44.1. The first kappa shape index (κ1) is 21.7. The average Bonchev–Trinajstić information content (AvgIpc) is 3.48. The summed E-state index contributed by atoms with van der Waals surface area (Å²) in [5.41, 5.74) is 2.28. The van der Waals surface area contributed by atoms with Crippen molar-refractivity contribution in [2.24, 2.45) is 0 Å². The lowest BCUT2D eigenvalue weighted by Crippen LogP contribution is -2.41. The van der Waals surface area contributed by atoms with Crippen LogP contribution in [0.2, 0.25) is 0 Å². The van der Waals surface area contributed by atoms with Crippen LogP contribution in [0.3, 0.4) is 0 Å². The molecule has 0 radical (unpaired) electrons. The molecule has 1 N–H and O–H groups in total. The molecule has 0 saturated carbocycles. The van der Waals surface area contributed by atoms with Gasteiger partial charge in [0.15, 0.2) is 16.6 Å². The minimum Gasteiger partial charge on any atom is -0.454 e. The maximum Gasteiger partial charge on any atom is 0.263 e. The largest absolute Gasteiger partial charge is 0.454 e. The Labute approximate surface area is 195 Å². The highest BCUT2D eigenvalue weighted by molar-refractivity contribution is 7.93. The summed E-state index contributed by atoms with van der Waals surface area (Å²) in [7, 11) is -3.82. The van der Waals surface area contributed by atoms with Gasteiger partial charge >= 0.3 is 0 Å². The van der Waals surface area contributed by atoms with Crippen LogP contribution in [-0.2, 0) is 26.0 Å². The van der Waals surface area contributed by atoms with Crippen molar-refractivity contribution in [2.45, 2.75) is 11.3 Å². The third-order valence-corrected chi connectivity index (χ3v) is 7.63. The van der Waals surface area contributed by atoms with Gasteiger partial charge in [-0.1, -0.05) is 18.2 Å². The van der Waals surface area contributed by atoms with Gasteiger partial charge in [-0.25, -0.2) is 13.4 Å². The van der Waals surface area contributed by atoms with Crippen LogP contribution >= 0.6 is 11.3 Å². The van der Waals surface area contributed by atoms with Gasteiger partial charge in [-0.05, 0) is 35.4 Å². The zero-order valence-corrected chi connectivity index (χ0v) is 19.2.